The predicted molar refractivity (Wildman–Crippen MR) is 75.3 cm³/mol. The molecule has 0 fully saturated rings. The molecule has 0 radical (unpaired) electrons. The van der Waals surface area contributed by atoms with Gasteiger partial charge in [0.1, 0.15) is 5.75 Å². The summed E-state index contributed by atoms with van der Waals surface area (Å²) >= 11 is 2.82. The number of alkyl halides is 3. The minimum absolute atomic E-state index is 0.253. The second kappa shape index (κ2) is 5.69. The maximum atomic E-state index is 12.2. The molecular weight excluding hydrogens is 309 g/mol. The van der Waals surface area contributed by atoms with Gasteiger partial charge in [0.25, 0.3) is 0 Å². The van der Waals surface area contributed by atoms with Gasteiger partial charge in [-0.3, -0.25) is 5.41 Å². The first-order chi connectivity index (χ1) is 9.30. The third-order valence-corrected chi connectivity index (χ3v) is 4.66. The van der Waals surface area contributed by atoms with Gasteiger partial charge >= 0.3 is 6.36 Å². The number of thiazole rings is 1. The van der Waals surface area contributed by atoms with Crippen LogP contribution in [-0.4, -0.2) is 22.4 Å². The Morgan fingerprint density at radius 3 is 2.75 bits per heavy atom. The lowest BCUT2D eigenvalue weighted by Gasteiger charge is -2.11. The standard InChI is InChI=1S/C12H13F3N2OS2/c1-7(19-2)6-17-9-4-3-8(18-12(13,14)15)5-10(9)20-11(17)16/h3-5,7,16H,6H2,1-2H3. The number of thioether (sulfide) groups is 1. The molecule has 1 unspecified atom stereocenters. The van der Waals surface area contributed by atoms with Gasteiger partial charge in [0.15, 0.2) is 4.80 Å². The minimum Gasteiger partial charge on any atom is -0.406 e. The van der Waals surface area contributed by atoms with Crippen molar-refractivity contribution in [1.29, 1.82) is 5.41 Å². The number of rotatable bonds is 4. The zero-order valence-corrected chi connectivity index (χ0v) is 12.5. The average molecular weight is 322 g/mol. The van der Waals surface area contributed by atoms with Crippen molar-refractivity contribution in [2.45, 2.75) is 25.1 Å². The van der Waals surface area contributed by atoms with E-state index in [-0.39, 0.29) is 5.75 Å². The van der Waals surface area contributed by atoms with E-state index < -0.39 is 6.36 Å². The Kier molecular flexibility index (Phi) is 4.33. The summed E-state index contributed by atoms with van der Waals surface area (Å²) in [5.41, 5.74) is 0.760. The zero-order valence-electron chi connectivity index (χ0n) is 10.8. The summed E-state index contributed by atoms with van der Waals surface area (Å²) in [4.78, 5) is 0.324. The molecular formula is C12H13F3N2OS2. The lowest BCUT2D eigenvalue weighted by atomic mass is 10.3. The van der Waals surface area contributed by atoms with E-state index in [2.05, 4.69) is 4.74 Å². The zero-order chi connectivity index (χ0) is 14.9. The van der Waals surface area contributed by atoms with Crippen LogP contribution in [0.3, 0.4) is 0 Å². The molecule has 0 saturated carbocycles. The summed E-state index contributed by atoms with van der Waals surface area (Å²) in [5, 5.41) is 8.25. The Morgan fingerprint density at radius 1 is 1.45 bits per heavy atom. The van der Waals surface area contributed by atoms with Gasteiger partial charge in [0, 0.05) is 11.8 Å². The highest BCUT2D eigenvalue weighted by molar-refractivity contribution is 7.99. The molecule has 1 heterocycles. The van der Waals surface area contributed by atoms with E-state index in [0.29, 0.717) is 21.3 Å². The number of nitrogens with one attached hydrogen (secondary N) is 1. The van der Waals surface area contributed by atoms with Crippen LogP contribution in [0, 0.1) is 5.41 Å². The van der Waals surface area contributed by atoms with Crippen molar-refractivity contribution in [3.63, 3.8) is 0 Å². The summed E-state index contributed by atoms with van der Waals surface area (Å²) in [6.45, 7) is 2.70. The third kappa shape index (κ3) is 3.49. The third-order valence-electron chi connectivity index (χ3n) is 2.75. The van der Waals surface area contributed by atoms with Crippen LogP contribution < -0.4 is 9.54 Å². The van der Waals surface area contributed by atoms with E-state index in [1.54, 1.807) is 22.4 Å². The summed E-state index contributed by atoms with van der Waals surface area (Å²) in [6.07, 6.45) is -2.71. The van der Waals surface area contributed by atoms with Gasteiger partial charge in [-0.2, -0.15) is 11.8 Å². The predicted octanol–water partition coefficient (Wildman–Crippen LogP) is 3.83. The number of fused-ring (bicyclic) bond motifs is 1. The van der Waals surface area contributed by atoms with Crippen molar-refractivity contribution in [2.24, 2.45) is 0 Å². The SMILES string of the molecule is CSC(C)Cn1c(=N)sc2cc(OC(F)(F)F)ccc21. The summed E-state index contributed by atoms with van der Waals surface area (Å²) in [7, 11) is 0. The summed E-state index contributed by atoms with van der Waals surface area (Å²) < 4.78 is 42.9. The highest BCUT2D eigenvalue weighted by Gasteiger charge is 2.31. The molecule has 1 N–H and O–H groups in total. The van der Waals surface area contributed by atoms with Gasteiger partial charge in [0.2, 0.25) is 0 Å². The molecule has 2 rings (SSSR count). The molecule has 0 bridgehead atoms. The topological polar surface area (TPSA) is 38.0 Å². The van der Waals surface area contributed by atoms with Crippen molar-refractivity contribution >= 4 is 33.3 Å². The number of hydrogen-bond acceptors (Lipinski definition) is 4. The number of hydrogen-bond donors (Lipinski definition) is 1. The van der Waals surface area contributed by atoms with Crippen LogP contribution in [0.4, 0.5) is 13.2 Å². The molecule has 0 amide bonds. The Morgan fingerprint density at radius 2 is 2.15 bits per heavy atom. The largest absolute Gasteiger partial charge is 0.573 e. The Hall–Kier alpha value is -1.15. The Balaban J connectivity index is 2.39. The fraction of sp³-hybridized carbons (Fsp3) is 0.417. The monoisotopic (exact) mass is 322 g/mol. The number of halogens is 3. The van der Waals surface area contributed by atoms with E-state index in [1.165, 1.54) is 12.1 Å². The van der Waals surface area contributed by atoms with Crippen LogP contribution in [0.15, 0.2) is 18.2 Å². The molecule has 20 heavy (non-hydrogen) atoms. The van der Waals surface area contributed by atoms with Gasteiger partial charge in [-0.25, -0.2) is 0 Å². The quantitative estimate of drug-likeness (QED) is 0.929. The Bertz CT molecular complexity index is 663. The van der Waals surface area contributed by atoms with Crippen LogP contribution in [0.25, 0.3) is 10.2 Å². The fourth-order valence-electron chi connectivity index (χ4n) is 1.78. The highest BCUT2D eigenvalue weighted by Crippen LogP contribution is 2.28. The van der Waals surface area contributed by atoms with Gasteiger partial charge in [-0.05, 0) is 24.5 Å². The lowest BCUT2D eigenvalue weighted by Crippen LogP contribution is -2.19. The molecule has 3 nitrogen and oxygen atoms in total. The van der Waals surface area contributed by atoms with Crippen LogP contribution in [0.1, 0.15) is 6.92 Å². The molecule has 110 valence electrons. The minimum atomic E-state index is -4.70. The van der Waals surface area contributed by atoms with Gasteiger partial charge in [-0.1, -0.05) is 18.3 Å². The van der Waals surface area contributed by atoms with Gasteiger partial charge in [-0.15, -0.1) is 13.2 Å². The number of aromatic nitrogens is 1. The van der Waals surface area contributed by atoms with Crippen molar-refractivity contribution in [1.82, 2.24) is 4.57 Å². The molecule has 1 atom stereocenters. The van der Waals surface area contributed by atoms with Crippen LogP contribution in [0.5, 0.6) is 5.75 Å². The van der Waals surface area contributed by atoms with E-state index >= 15 is 0 Å². The number of benzene rings is 1. The number of ether oxygens (including phenoxy) is 1. The molecule has 0 aliphatic rings. The first kappa shape index (κ1) is 15.2. The van der Waals surface area contributed by atoms with E-state index in [1.807, 2.05) is 13.2 Å². The maximum Gasteiger partial charge on any atom is 0.573 e. The van der Waals surface area contributed by atoms with Crippen molar-refractivity contribution < 1.29 is 17.9 Å². The molecule has 1 aromatic heterocycles. The van der Waals surface area contributed by atoms with E-state index in [4.69, 9.17) is 5.41 Å². The molecule has 0 spiro atoms. The second-order valence-corrected chi connectivity index (χ2v) is 6.55. The molecule has 8 heteroatoms. The van der Waals surface area contributed by atoms with Crippen LogP contribution in [0.2, 0.25) is 0 Å². The Labute approximate surface area is 121 Å². The van der Waals surface area contributed by atoms with Crippen molar-refractivity contribution in [2.75, 3.05) is 6.26 Å². The molecule has 0 aliphatic heterocycles. The van der Waals surface area contributed by atoms with E-state index in [0.717, 1.165) is 16.9 Å². The molecule has 0 saturated heterocycles. The smallest absolute Gasteiger partial charge is 0.406 e. The summed E-state index contributed by atoms with van der Waals surface area (Å²) in [5.74, 6) is -0.253. The first-order valence-corrected chi connectivity index (χ1v) is 7.87. The molecule has 1 aromatic carbocycles. The van der Waals surface area contributed by atoms with Gasteiger partial charge in [0.05, 0.1) is 10.2 Å². The fourth-order valence-corrected chi connectivity index (χ4v) is 3.03. The maximum absolute atomic E-state index is 12.2. The first-order valence-electron chi connectivity index (χ1n) is 5.76. The summed E-state index contributed by atoms with van der Waals surface area (Å²) in [6, 6.07) is 4.17. The van der Waals surface area contributed by atoms with Gasteiger partial charge < -0.3 is 9.30 Å². The number of nitrogens with zero attached hydrogens (tertiary/aromatic N) is 1. The van der Waals surface area contributed by atoms with Crippen molar-refractivity contribution in [3.8, 4) is 5.75 Å². The lowest BCUT2D eigenvalue weighted by molar-refractivity contribution is -0.274. The molecule has 2 aromatic rings. The highest BCUT2D eigenvalue weighted by atomic mass is 32.2. The normalized spacial score (nSPS) is 13.7. The molecule has 0 aliphatic carbocycles. The average Bonchev–Trinajstić information content (AvgIpc) is 2.63. The van der Waals surface area contributed by atoms with Crippen LogP contribution in [-0.2, 0) is 6.54 Å². The van der Waals surface area contributed by atoms with Crippen molar-refractivity contribution in [3.05, 3.63) is 23.0 Å². The second-order valence-electron chi connectivity index (χ2n) is 4.24. The van der Waals surface area contributed by atoms with Crippen LogP contribution >= 0.6 is 23.1 Å². The van der Waals surface area contributed by atoms with E-state index in [9.17, 15) is 13.2 Å².